The zero-order valence-corrected chi connectivity index (χ0v) is 15.6. The fourth-order valence-corrected chi connectivity index (χ4v) is 2.36. The topological polar surface area (TPSA) is 69.8 Å². The van der Waals surface area contributed by atoms with E-state index in [4.69, 9.17) is 0 Å². The number of aromatic amines is 1. The molecule has 2 atom stereocenters. The largest absolute Gasteiger partial charge is 0.346 e. The number of nitrogens with one attached hydrogen (secondary N) is 3. The van der Waals surface area contributed by atoms with Crippen LogP contribution in [0.25, 0.3) is 11.0 Å². The predicted molar refractivity (Wildman–Crippen MR) is 99.4 cm³/mol. The summed E-state index contributed by atoms with van der Waals surface area (Å²) in [6.07, 6.45) is 0. The Labute approximate surface area is 149 Å². The number of carbonyl (C=O) groups excluding carboxylic acids is 1. The molecule has 0 fully saturated rings. The molecular formula is C16H26Cl2N4O. The summed E-state index contributed by atoms with van der Waals surface area (Å²) in [7, 11) is 1.85. The van der Waals surface area contributed by atoms with E-state index in [1.165, 1.54) is 0 Å². The molecule has 0 aliphatic heterocycles. The molecule has 0 saturated heterocycles. The third-order valence-corrected chi connectivity index (χ3v) is 3.62. The number of hydrogen-bond donors (Lipinski definition) is 3. The first-order chi connectivity index (χ1) is 10.0. The number of benzene rings is 1. The quantitative estimate of drug-likeness (QED) is 0.741. The molecule has 1 aromatic carbocycles. The highest BCUT2D eigenvalue weighted by atomic mass is 35.5. The molecule has 7 heteroatoms. The van der Waals surface area contributed by atoms with E-state index in [9.17, 15) is 4.79 Å². The molecule has 1 amide bonds. The second-order valence-corrected chi connectivity index (χ2v) is 5.83. The van der Waals surface area contributed by atoms with Gasteiger partial charge in [0, 0.05) is 12.5 Å². The van der Waals surface area contributed by atoms with Gasteiger partial charge in [-0.15, -0.1) is 24.8 Å². The Morgan fingerprint density at radius 2 is 1.87 bits per heavy atom. The zero-order valence-electron chi connectivity index (χ0n) is 13.9. The summed E-state index contributed by atoms with van der Waals surface area (Å²) in [6.45, 7) is 6.75. The molecule has 1 heterocycles. The number of amides is 1. The SMILES string of the molecule is CNCC(C)C(=O)NC(c1nc2ccccc2[nH]1)C(C)C.Cl.Cl. The van der Waals surface area contributed by atoms with E-state index in [2.05, 4.69) is 34.4 Å². The maximum Gasteiger partial charge on any atom is 0.224 e. The van der Waals surface area contributed by atoms with Crippen molar-refractivity contribution in [1.82, 2.24) is 20.6 Å². The van der Waals surface area contributed by atoms with Crippen molar-refractivity contribution >= 4 is 41.8 Å². The van der Waals surface area contributed by atoms with Gasteiger partial charge in [0.1, 0.15) is 5.82 Å². The molecule has 2 unspecified atom stereocenters. The van der Waals surface area contributed by atoms with Crippen molar-refractivity contribution in [3.05, 3.63) is 30.1 Å². The maximum absolute atomic E-state index is 12.2. The van der Waals surface area contributed by atoms with Gasteiger partial charge < -0.3 is 15.6 Å². The van der Waals surface area contributed by atoms with Gasteiger partial charge in [0.2, 0.25) is 5.91 Å². The van der Waals surface area contributed by atoms with E-state index in [0.717, 1.165) is 16.9 Å². The van der Waals surface area contributed by atoms with Gasteiger partial charge in [0.05, 0.1) is 17.1 Å². The molecular weight excluding hydrogens is 335 g/mol. The minimum atomic E-state index is -0.107. The van der Waals surface area contributed by atoms with Crippen molar-refractivity contribution in [3.63, 3.8) is 0 Å². The Balaban J connectivity index is 0.00000242. The molecule has 0 saturated carbocycles. The van der Waals surface area contributed by atoms with Crippen molar-refractivity contribution in [2.75, 3.05) is 13.6 Å². The third-order valence-electron chi connectivity index (χ3n) is 3.62. The summed E-state index contributed by atoms with van der Waals surface area (Å²) < 4.78 is 0. The van der Waals surface area contributed by atoms with Crippen LogP contribution in [0.4, 0.5) is 0 Å². The van der Waals surface area contributed by atoms with Crippen LogP contribution in [0, 0.1) is 11.8 Å². The van der Waals surface area contributed by atoms with Gasteiger partial charge >= 0.3 is 0 Å². The summed E-state index contributed by atoms with van der Waals surface area (Å²) >= 11 is 0. The lowest BCUT2D eigenvalue weighted by atomic mass is 10.0. The predicted octanol–water partition coefficient (Wildman–Crippen LogP) is 3.08. The number of nitrogens with zero attached hydrogens (tertiary/aromatic N) is 1. The first kappa shape index (κ1) is 21.7. The van der Waals surface area contributed by atoms with Crippen molar-refractivity contribution < 1.29 is 4.79 Å². The van der Waals surface area contributed by atoms with Crippen molar-refractivity contribution in [1.29, 1.82) is 0 Å². The maximum atomic E-state index is 12.2. The van der Waals surface area contributed by atoms with E-state index >= 15 is 0 Å². The molecule has 0 radical (unpaired) electrons. The first-order valence-corrected chi connectivity index (χ1v) is 7.42. The number of halogens is 2. The lowest BCUT2D eigenvalue weighted by Gasteiger charge is -2.22. The van der Waals surface area contributed by atoms with Crippen molar-refractivity contribution in [2.24, 2.45) is 11.8 Å². The van der Waals surface area contributed by atoms with Gasteiger partial charge in [-0.25, -0.2) is 4.98 Å². The molecule has 5 nitrogen and oxygen atoms in total. The molecule has 0 aliphatic rings. The fourth-order valence-electron chi connectivity index (χ4n) is 2.36. The Bertz CT molecular complexity index is 582. The standard InChI is InChI=1S/C16H24N4O.2ClH/c1-10(2)14(20-16(21)11(3)9-17-4)15-18-12-7-5-6-8-13(12)19-15;;/h5-8,10-11,14,17H,9H2,1-4H3,(H,18,19)(H,20,21);2*1H. The number of H-pyrrole nitrogens is 1. The number of aromatic nitrogens is 2. The molecule has 23 heavy (non-hydrogen) atoms. The Morgan fingerprint density at radius 1 is 1.22 bits per heavy atom. The summed E-state index contributed by atoms with van der Waals surface area (Å²) in [5.41, 5.74) is 1.92. The molecule has 2 aromatic rings. The van der Waals surface area contributed by atoms with Gasteiger partial charge in [-0.2, -0.15) is 0 Å². The number of carbonyl (C=O) groups is 1. The molecule has 0 aliphatic carbocycles. The van der Waals surface area contributed by atoms with Crippen LogP contribution < -0.4 is 10.6 Å². The van der Waals surface area contributed by atoms with Crippen LogP contribution in [0.5, 0.6) is 0 Å². The summed E-state index contributed by atoms with van der Waals surface area (Å²) in [5.74, 6) is 1.05. The van der Waals surface area contributed by atoms with Crippen LogP contribution in [0.15, 0.2) is 24.3 Å². The second kappa shape index (κ2) is 9.75. The van der Waals surface area contributed by atoms with E-state index in [1.54, 1.807) is 0 Å². The van der Waals surface area contributed by atoms with Crippen molar-refractivity contribution in [2.45, 2.75) is 26.8 Å². The average Bonchev–Trinajstić information content (AvgIpc) is 2.87. The lowest BCUT2D eigenvalue weighted by molar-refractivity contribution is -0.125. The molecule has 1 aromatic heterocycles. The summed E-state index contributed by atoms with van der Waals surface area (Å²) in [4.78, 5) is 20.2. The Hall–Kier alpha value is -1.30. The van der Waals surface area contributed by atoms with E-state index in [1.807, 2.05) is 38.2 Å². The van der Waals surface area contributed by atoms with Gasteiger partial charge in [-0.1, -0.05) is 32.9 Å². The smallest absolute Gasteiger partial charge is 0.224 e. The zero-order chi connectivity index (χ0) is 15.4. The molecule has 0 spiro atoms. The number of imidazole rings is 1. The highest BCUT2D eigenvalue weighted by Crippen LogP contribution is 2.22. The molecule has 3 N–H and O–H groups in total. The van der Waals surface area contributed by atoms with Gasteiger partial charge in [0.15, 0.2) is 0 Å². The number of para-hydroxylation sites is 2. The molecule has 2 rings (SSSR count). The minimum Gasteiger partial charge on any atom is -0.346 e. The number of rotatable bonds is 6. The summed E-state index contributed by atoms with van der Waals surface area (Å²) in [5, 5.41) is 6.13. The van der Waals surface area contributed by atoms with Crippen LogP contribution in [-0.4, -0.2) is 29.5 Å². The van der Waals surface area contributed by atoms with E-state index in [-0.39, 0.29) is 48.6 Å². The molecule has 130 valence electrons. The molecule has 0 bridgehead atoms. The summed E-state index contributed by atoms with van der Waals surface area (Å²) in [6, 6.07) is 7.80. The van der Waals surface area contributed by atoms with Crippen LogP contribution >= 0.6 is 24.8 Å². The normalized spacial score (nSPS) is 13.1. The average molecular weight is 361 g/mol. The van der Waals surface area contributed by atoms with Gasteiger partial charge in [0.25, 0.3) is 0 Å². The van der Waals surface area contributed by atoms with Crippen molar-refractivity contribution in [3.8, 4) is 0 Å². The van der Waals surface area contributed by atoms with Crippen LogP contribution in [0.1, 0.15) is 32.6 Å². The minimum absolute atomic E-state index is 0. The third kappa shape index (κ3) is 5.37. The number of fused-ring (bicyclic) bond motifs is 1. The number of hydrogen-bond acceptors (Lipinski definition) is 3. The first-order valence-electron chi connectivity index (χ1n) is 7.42. The van der Waals surface area contributed by atoms with Gasteiger partial charge in [-0.3, -0.25) is 4.79 Å². The highest BCUT2D eigenvalue weighted by Gasteiger charge is 2.23. The van der Waals surface area contributed by atoms with Crippen LogP contribution in [-0.2, 0) is 4.79 Å². The monoisotopic (exact) mass is 360 g/mol. The Morgan fingerprint density at radius 3 is 2.43 bits per heavy atom. The highest BCUT2D eigenvalue weighted by molar-refractivity contribution is 5.85. The van der Waals surface area contributed by atoms with E-state index in [0.29, 0.717) is 6.54 Å². The second-order valence-electron chi connectivity index (χ2n) is 5.83. The van der Waals surface area contributed by atoms with E-state index < -0.39 is 0 Å². The lowest BCUT2D eigenvalue weighted by Crippen LogP contribution is -2.38. The van der Waals surface area contributed by atoms with Crippen LogP contribution in [0.2, 0.25) is 0 Å². The van der Waals surface area contributed by atoms with Gasteiger partial charge in [-0.05, 0) is 25.1 Å². The fraction of sp³-hybridized carbons (Fsp3) is 0.500. The van der Waals surface area contributed by atoms with Crippen LogP contribution in [0.3, 0.4) is 0 Å². The Kier molecular flexibility index (Phi) is 9.20.